The SMILES string of the molecule is CC(C)C(N)c1ccccc1C(C)(C)C. The number of hydrogen-bond acceptors (Lipinski definition) is 1. The summed E-state index contributed by atoms with van der Waals surface area (Å²) >= 11 is 0. The molecule has 0 amide bonds. The molecule has 0 heterocycles. The summed E-state index contributed by atoms with van der Waals surface area (Å²) in [5.74, 6) is 0.480. The zero-order valence-corrected chi connectivity index (χ0v) is 10.5. The zero-order valence-electron chi connectivity index (χ0n) is 10.5. The maximum Gasteiger partial charge on any atom is 0.0321 e. The van der Waals surface area contributed by atoms with Crippen LogP contribution in [0, 0.1) is 5.92 Å². The lowest BCUT2D eigenvalue weighted by Crippen LogP contribution is -2.23. The Morgan fingerprint density at radius 1 is 1.07 bits per heavy atom. The quantitative estimate of drug-likeness (QED) is 0.783. The van der Waals surface area contributed by atoms with Gasteiger partial charge in [-0.15, -0.1) is 0 Å². The van der Waals surface area contributed by atoms with E-state index in [2.05, 4.69) is 58.9 Å². The topological polar surface area (TPSA) is 26.0 Å². The first-order valence-corrected chi connectivity index (χ1v) is 5.69. The Morgan fingerprint density at radius 3 is 2.07 bits per heavy atom. The molecule has 0 aromatic heterocycles. The first-order valence-electron chi connectivity index (χ1n) is 5.69. The lowest BCUT2D eigenvalue weighted by molar-refractivity contribution is 0.493. The first kappa shape index (κ1) is 12.3. The number of nitrogens with two attached hydrogens (primary N) is 1. The van der Waals surface area contributed by atoms with E-state index in [1.807, 2.05) is 0 Å². The van der Waals surface area contributed by atoms with Crippen molar-refractivity contribution in [3.05, 3.63) is 35.4 Å². The van der Waals surface area contributed by atoms with E-state index in [0.717, 1.165) is 0 Å². The molecule has 15 heavy (non-hydrogen) atoms. The van der Waals surface area contributed by atoms with Gasteiger partial charge in [0.1, 0.15) is 0 Å². The Labute approximate surface area is 93.7 Å². The summed E-state index contributed by atoms with van der Waals surface area (Å²) < 4.78 is 0. The van der Waals surface area contributed by atoms with Crippen LogP contribution in [0.5, 0.6) is 0 Å². The van der Waals surface area contributed by atoms with Gasteiger partial charge in [-0.05, 0) is 22.5 Å². The van der Waals surface area contributed by atoms with Crippen molar-refractivity contribution >= 4 is 0 Å². The van der Waals surface area contributed by atoms with E-state index in [1.54, 1.807) is 0 Å². The highest BCUT2D eigenvalue weighted by atomic mass is 14.6. The van der Waals surface area contributed by atoms with E-state index in [9.17, 15) is 0 Å². The van der Waals surface area contributed by atoms with Gasteiger partial charge in [0.15, 0.2) is 0 Å². The van der Waals surface area contributed by atoms with Crippen molar-refractivity contribution in [2.24, 2.45) is 11.7 Å². The summed E-state index contributed by atoms with van der Waals surface area (Å²) in [6.45, 7) is 11.0. The molecule has 1 atom stereocenters. The van der Waals surface area contributed by atoms with E-state index in [-0.39, 0.29) is 11.5 Å². The molecule has 1 nitrogen and oxygen atoms in total. The second kappa shape index (κ2) is 4.36. The van der Waals surface area contributed by atoms with Gasteiger partial charge < -0.3 is 5.73 Å². The molecule has 1 unspecified atom stereocenters. The van der Waals surface area contributed by atoms with Gasteiger partial charge in [0, 0.05) is 6.04 Å². The third kappa shape index (κ3) is 2.82. The molecule has 0 saturated carbocycles. The van der Waals surface area contributed by atoms with Crippen LogP contribution >= 0.6 is 0 Å². The van der Waals surface area contributed by atoms with Gasteiger partial charge in [0.2, 0.25) is 0 Å². The van der Waals surface area contributed by atoms with Gasteiger partial charge in [-0.1, -0.05) is 58.9 Å². The van der Waals surface area contributed by atoms with Crippen molar-refractivity contribution < 1.29 is 0 Å². The van der Waals surface area contributed by atoms with Crippen LogP contribution in [0.1, 0.15) is 51.8 Å². The number of rotatable bonds is 2. The van der Waals surface area contributed by atoms with Crippen LogP contribution in [0.2, 0.25) is 0 Å². The van der Waals surface area contributed by atoms with Crippen LogP contribution < -0.4 is 5.73 Å². The van der Waals surface area contributed by atoms with E-state index in [1.165, 1.54) is 11.1 Å². The molecule has 1 rings (SSSR count). The van der Waals surface area contributed by atoms with Crippen molar-refractivity contribution in [3.63, 3.8) is 0 Å². The Hall–Kier alpha value is -0.820. The molecule has 0 radical (unpaired) electrons. The van der Waals surface area contributed by atoms with E-state index in [4.69, 9.17) is 5.73 Å². The Bertz CT molecular complexity index is 320. The van der Waals surface area contributed by atoms with Crippen molar-refractivity contribution in [1.82, 2.24) is 0 Å². The molecule has 0 bridgehead atoms. The van der Waals surface area contributed by atoms with Gasteiger partial charge >= 0.3 is 0 Å². The Kier molecular flexibility index (Phi) is 3.56. The molecule has 0 saturated heterocycles. The van der Waals surface area contributed by atoms with Crippen molar-refractivity contribution in [1.29, 1.82) is 0 Å². The van der Waals surface area contributed by atoms with E-state index >= 15 is 0 Å². The molecule has 0 aliphatic heterocycles. The standard InChI is InChI=1S/C14H23N/c1-10(2)13(15)11-8-6-7-9-12(11)14(3,4)5/h6-10,13H,15H2,1-5H3. The first-order chi connectivity index (χ1) is 6.84. The number of benzene rings is 1. The largest absolute Gasteiger partial charge is 0.324 e. The summed E-state index contributed by atoms with van der Waals surface area (Å²) in [5.41, 5.74) is 9.06. The molecule has 2 N–H and O–H groups in total. The minimum atomic E-state index is 0.139. The predicted octanol–water partition coefficient (Wildman–Crippen LogP) is 3.64. The summed E-state index contributed by atoms with van der Waals surface area (Å²) in [4.78, 5) is 0. The van der Waals surface area contributed by atoms with Crippen LogP contribution in [-0.4, -0.2) is 0 Å². The smallest absolute Gasteiger partial charge is 0.0321 e. The van der Waals surface area contributed by atoms with Crippen LogP contribution in [0.4, 0.5) is 0 Å². The van der Waals surface area contributed by atoms with Crippen LogP contribution in [-0.2, 0) is 5.41 Å². The average Bonchev–Trinajstić information content (AvgIpc) is 2.15. The second-order valence-electron chi connectivity index (χ2n) is 5.61. The molecule has 1 heteroatoms. The van der Waals surface area contributed by atoms with E-state index < -0.39 is 0 Å². The second-order valence-corrected chi connectivity index (χ2v) is 5.61. The summed E-state index contributed by atoms with van der Waals surface area (Å²) in [5, 5.41) is 0. The minimum absolute atomic E-state index is 0.139. The Morgan fingerprint density at radius 2 is 1.60 bits per heavy atom. The van der Waals surface area contributed by atoms with Gasteiger partial charge in [0.25, 0.3) is 0 Å². The summed E-state index contributed by atoms with van der Waals surface area (Å²) in [7, 11) is 0. The zero-order chi connectivity index (χ0) is 11.6. The van der Waals surface area contributed by atoms with Crippen LogP contribution in [0.15, 0.2) is 24.3 Å². The maximum absolute atomic E-state index is 6.24. The van der Waals surface area contributed by atoms with Crippen molar-refractivity contribution in [3.8, 4) is 0 Å². The maximum atomic E-state index is 6.24. The molecular weight excluding hydrogens is 182 g/mol. The summed E-state index contributed by atoms with van der Waals surface area (Å²) in [6, 6.07) is 8.66. The normalized spacial score (nSPS) is 14.3. The fourth-order valence-corrected chi connectivity index (χ4v) is 1.83. The lowest BCUT2D eigenvalue weighted by Gasteiger charge is -2.27. The average molecular weight is 205 g/mol. The molecule has 0 fully saturated rings. The van der Waals surface area contributed by atoms with Gasteiger partial charge in [-0.3, -0.25) is 0 Å². The molecular formula is C14H23N. The highest BCUT2D eigenvalue weighted by molar-refractivity contribution is 5.35. The fraction of sp³-hybridized carbons (Fsp3) is 0.571. The Balaban J connectivity index is 3.18. The van der Waals surface area contributed by atoms with Gasteiger partial charge in [-0.2, -0.15) is 0 Å². The third-order valence-electron chi connectivity index (χ3n) is 2.85. The number of hydrogen-bond donors (Lipinski definition) is 1. The molecule has 1 aromatic rings. The van der Waals surface area contributed by atoms with Crippen LogP contribution in [0.25, 0.3) is 0 Å². The third-order valence-corrected chi connectivity index (χ3v) is 2.85. The molecule has 84 valence electrons. The monoisotopic (exact) mass is 205 g/mol. The van der Waals surface area contributed by atoms with Crippen molar-refractivity contribution in [2.75, 3.05) is 0 Å². The van der Waals surface area contributed by atoms with E-state index in [0.29, 0.717) is 5.92 Å². The predicted molar refractivity (Wildman–Crippen MR) is 66.9 cm³/mol. The summed E-state index contributed by atoms with van der Waals surface area (Å²) in [6.07, 6.45) is 0. The fourth-order valence-electron chi connectivity index (χ4n) is 1.83. The van der Waals surface area contributed by atoms with Gasteiger partial charge in [-0.25, -0.2) is 0 Å². The van der Waals surface area contributed by atoms with Crippen LogP contribution in [0.3, 0.4) is 0 Å². The van der Waals surface area contributed by atoms with Crippen molar-refractivity contribution in [2.45, 2.75) is 46.1 Å². The lowest BCUT2D eigenvalue weighted by atomic mass is 9.80. The van der Waals surface area contributed by atoms with Gasteiger partial charge in [0.05, 0.1) is 0 Å². The highest BCUT2D eigenvalue weighted by Gasteiger charge is 2.21. The minimum Gasteiger partial charge on any atom is -0.324 e. The molecule has 1 aromatic carbocycles. The molecule has 0 aliphatic carbocycles. The molecule has 0 aliphatic rings. The molecule has 0 spiro atoms. The highest BCUT2D eigenvalue weighted by Crippen LogP contribution is 2.31.